The normalized spacial score (nSPS) is 12.1. The lowest BCUT2D eigenvalue weighted by atomic mass is 9.91. The molecule has 3 heteroatoms. The fourth-order valence-electron chi connectivity index (χ4n) is 3.37. The van der Waals surface area contributed by atoms with E-state index in [4.69, 9.17) is 4.74 Å². The second-order valence-electron chi connectivity index (χ2n) is 7.42. The zero-order chi connectivity index (χ0) is 19.0. The van der Waals surface area contributed by atoms with Crippen LogP contribution in [0.1, 0.15) is 97.3 Å². The van der Waals surface area contributed by atoms with Crippen molar-refractivity contribution in [3.8, 4) is 11.5 Å². The molecule has 1 N–H and O–H groups in total. The van der Waals surface area contributed by atoms with Gasteiger partial charge in [-0.3, -0.25) is 4.79 Å². The largest absolute Gasteiger partial charge is 0.504 e. The molecule has 0 radical (unpaired) electrons. The minimum Gasteiger partial charge on any atom is -0.504 e. The van der Waals surface area contributed by atoms with Crippen LogP contribution in [0, 0.1) is 5.92 Å². The van der Waals surface area contributed by atoms with Gasteiger partial charge in [0, 0.05) is 6.42 Å². The fraction of sp³-hybridized carbons (Fsp3) is 0.696. The number of carbonyl (C=O) groups is 1. The number of para-hydroxylation sites is 2. The number of unbranched alkanes of at least 4 members (excludes halogenated alkanes) is 8. The van der Waals surface area contributed by atoms with Gasteiger partial charge in [-0.2, -0.15) is 0 Å². The first-order chi connectivity index (χ1) is 12.7. The Hall–Kier alpha value is -1.51. The molecule has 0 aliphatic rings. The molecule has 0 saturated heterocycles. The van der Waals surface area contributed by atoms with E-state index < -0.39 is 0 Å². The van der Waals surface area contributed by atoms with Crippen LogP contribution in [0.3, 0.4) is 0 Å². The van der Waals surface area contributed by atoms with Crippen LogP contribution >= 0.6 is 0 Å². The van der Waals surface area contributed by atoms with Crippen molar-refractivity contribution < 1.29 is 14.6 Å². The quantitative estimate of drug-likeness (QED) is 0.207. The zero-order valence-electron chi connectivity index (χ0n) is 16.8. The number of phenols is 1. The van der Waals surface area contributed by atoms with Crippen LogP contribution in [0.25, 0.3) is 0 Å². The number of hydrogen-bond donors (Lipinski definition) is 1. The lowest BCUT2D eigenvalue weighted by Gasteiger charge is -2.16. The number of ether oxygens (including phenoxy) is 1. The first kappa shape index (κ1) is 22.5. The number of hydrogen-bond acceptors (Lipinski definition) is 3. The molecular weight excluding hydrogens is 324 g/mol. The van der Waals surface area contributed by atoms with Gasteiger partial charge in [0.25, 0.3) is 0 Å². The van der Waals surface area contributed by atoms with Crippen molar-refractivity contribution in [2.24, 2.45) is 5.92 Å². The highest BCUT2D eigenvalue weighted by Crippen LogP contribution is 2.27. The monoisotopic (exact) mass is 362 g/mol. The molecule has 1 aromatic rings. The molecule has 0 saturated carbocycles. The predicted molar refractivity (Wildman–Crippen MR) is 109 cm³/mol. The maximum Gasteiger partial charge on any atom is 0.311 e. The molecule has 0 fully saturated rings. The van der Waals surface area contributed by atoms with Crippen LogP contribution in [0.15, 0.2) is 24.3 Å². The fourth-order valence-corrected chi connectivity index (χ4v) is 3.37. The van der Waals surface area contributed by atoms with Gasteiger partial charge in [-0.05, 0) is 30.9 Å². The standard InChI is InChI=1S/C23H38O3/c1-3-5-7-9-10-12-16-20(15-11-8-6-4-2)19-23(25)26-22-18-14-13-17-21(22)24/h13-14,17-18,20,24H,3-12,15-16,19H2,1-2H3. The van der Waals surface area contributed by atoms with Crippen molar-refractivity contribution in [2.75, 3.05) is 0 Å². The van der Waals surface area contributed by atoms with Gasteiger partial charge in [-0.25, -0.2) is 0 Å². The Morgan fingerprint density at radius 2 is 1.42 bits per heavy atom. The Labute approximate surface area is 160 Å². The number of aromatic hydroxyl groups is 1. The van der Waals surface area contributed by atoms with E-state index in [2.05, 4.69) is 13.8 Å². The highest BCUT2D eigenvalue weighted by atomic mass is 16.5. The van der Waals surface area contributed by atoms with E-state index in [9.17, 15) is 9.90 Å². The highest BCUT2D eigenvalue weighted by molar-refractivity contribution is 5.73. The van der Waals surface area contributed by atoms with Crippen molar-refractivity contribution in [3.63, 3.8) is 0 Å². The average Bonchev–Trinajstić information content (AvgIpc) is 2.63. The summed E-state index contributed by atoms with van der Waals surface area (Å²) in [6.07, 6.45) is 15.3. The van der Waals surface area contributed by atoms with Gasteiger partial charge in [-0.1, -0.05) is 90.2 Å². The van der Waals surface area contributed by atoms with Crippen molar-refractivity contribution in [1.82, 2.24) is 0 Å². The zero-order valence-corrected chi connectivity index (χ0v) is 16.8. The van der Waals surface area contributed by atoms with Gasteiger partial charge in [0.1, 0.15) is 0 Å². The Morgan fingerprint density at radius 1 is 0.885 bits per heavy atom. The third kappa shape index (κ3) is 10.5. The number of phenolic OH excluding ortho intramolecular Hbond substituents is 1. The molecule has 1 rings (SSSR count). The molecular formula is C23H38O3. The lowest BCUT2D eigenvalue weighted by molar-refractivity contribution is -0.135. The second-order valence-corrected chi connectivity index (χ2v) is 7.42. The Morgan fingerprint density at radius 3 is 2.04 bits per heavy atom. The van der Waals surface area contributed by atoms with E-state index in [0.29, 0.717) is 12.3 Å². The summed E-state index contributed by atoms with van der Waals surface area (Å²) >= 11 is 0. The molecule has 3 nitrogen and oxygen atoms in total. The number of benzene rings is 1. The van der Waals surface area contributed by atoms with Crippen LogP contribution in [-0.2, 0) is 4.79 Å². The Kier molecular flexibility index (Phi) is 12.7. The van der Waals surface area contributed by atoms with Gasteiger partial charge in [0.2, 0.25) is 0 Å². The minimum atomic E-state index is -0.224. The summed E-state index contributed by atoms with van der Waals surface area (Å²) < 4.78 is 5.37. The third-order valence-electron chi connectivity index (χ3n) is 4.98. The van der Waals surface area contributed by atoms with Crippen LogP contribution in [0.4, 0.5) is 0 Å². The molecule has 0 aromatic heterocycles. The maximum absolute atomic E-state index is 12.3. The van der Waals surface area contributed by atoms with E-state index in [1.165, 1.54) is 64.2 Å². The van der Waals surface area contributed by atoms with E-state index in [1.54, 1.807) is 24.3 Å². The Balaban J connectivity index is 2.40. The van der Waals surface area contributed by atoms with Crippen molar-refractivity contribution >= 4 is 5.97 Å². The number of carbonyl (C=O) groups excluding carboxylic acids is 1. The summed E-state index contributed by atoms with van der Waals surface area (Å²) in [4.78, 5) is 12.3. The van der Waals surface area contributed by atoms with Crippen LogP contribution in [0.5, 0.6) is 11.5 Å². The summed E-state index contributed by atoms with van der Waals surface area (Å²) in [6, 6.07) is 6.67. The molecule has 0 heterocycles. The highest BCUT2D eigenvalue weighted by Gasteiger charge is 2.16. The minimum absolute atomic E-state index is 0.0243. The van der Waals surface area contributed by atoms with E-state index in [-0.39, 0.29) is 17.5 Å². The molecule has 0 aliphatic heterocycles. The molecule has 148 valence electrons. The summed E-state index contributed by atoms with van der Waals surface area (Å²) in [6.45, 7) is 4.46. The first-order valence-electron chi connectivity index (χ1n) is 10.7. The van der Waals surface area contributed by atoms with E-state index in [0.717, 1.165) is 12.8 Å². The third-order valence-corrected chi connectivity index (χ3v) is 4.98. The molecule has 0 bridgehead atoms. The van der Waals surface area contributed by atoms with Gasteiger partial charge < -0.3 is 9.84 Å². The van der Waals surface area contributed by atoms with Gasteiger partial charge in [0.15, 0.2) is 11.5 Å². The second kappa shape index (κ2) is 14.6. The summed E-state index contributed by atoms with van der Waals surface area (Å²) in [5.41, 5.74) is 0. The molecule has 26 heavy (non-hydrogen) atoms. The molecule has 0 aliphatic carbocycles. The lowest BCUT2D eigenvalue weighted by Crippen LogP contribution is -2.14. The molecule has 1 aromatic carbocycles. The molecule has 0 amide bonds. The van der Waals surface area contributed by atoms with Crippen molar-refractivity contribution in [3.05, 3.63) is 24.3 Å². The van der Waals surface area contributed by atoms with Gasteiger partial charge in [0.05, 0.1) is 0 Å². The number of rotatable bonds is 15. The van der Waals surface area contributed by atoms with Gasteiger partial charge in [-0.15, -0.1) is 0 Å². The SMILES string of the molecule is CCCCCCCCC(CCCCCC)CC(=O)Oc1ccccc1O. The van der Waals surface area contributed by atoms with Crippen molar-refractivity contribution in [1.29, 1.82) is 0 Å². The van der Waals surface area contributed by atoms with Crippen LogP contribution < -0.4 is 4.74 Å². The average molecular weight is 363 g/mol. The molecule has 0 spiro atoms. The summed E-state index contributed by atoms with van der Waals surface area (Å²) in [5.74, 6) is 0.465. The van der Waals surface area contributed by atoms with E-state index >= 15 is 0 Å². The van der Waals surface area contributed by atoms with Crippen LogP contribution in [-0.4, -0.2) is 11.1 Å². The summed E-state index contributed by atoms with van der Waals surface area (Å²) in [7, 11) is 0. The summed E-state index contributed by atoms with van der Waals surface area (Å²) in [5, 5.41) is 9.76. The van der Waals surface area contributed by atoms with Crippen molar-refractivity contribution in [2.45, 2.75) is 97.3 Å². The number of esters is 1. The predicted octanol–water partition coefficient (Wildman–Crippen LogP) is 7.02. The van der Waals surface area contributed by atoms with Gasteiger partial charge >= 0.3 is 5.97 Å². The maximum atomic E-state index is 12.3. The van der Waals surface area contributed by atoms with Crippen LogP contribution in [0.2, 0.25) is 0 Å². The first-order valence-corrected chi connectivity index (χ1v) is 10.7. The smallest absolute Gasteiger partial charge is 0.311 e. The topological polar surface area (TPSA) is 46.5 Å². The Bertz CT molecular complexity index is 484. The molecule has 1 unspecified atom stereocenters. The van der Waals surface area contributed by atoms with E-state index in [1.807, 2.05) is 0 Å². The molecule has 1 atom stereocenters.